The van der Waals surface area contributed by atoms with Crippen molar-refractivity contribution < 1.29 is 52.8 Å². The highest BCUT2D eigenvalue weighted by Crippen LogP contribution is 2.37. The number of rotatable bonds is 8. The first kappa shape index (κ1) is 25.3. The van der Waals surface area contributed by atoms with Crippen molar-refractivity contribution in [3.63, 3.8) is 0 Å². The van der Waals surface area contributed by atoms with Gasteiger partial charge in [-0.2, -0.15) is 0 Å². The first-order valence-corrected chi connectivity index (χ1v) is 9.39. The molecule has 11 nitrogen and oxygen atoms in total. The molecule has 1 N–H and O–H groups in total. The van der Waals surface area contributed by atoms with Crippen molar-refractivity contribution in [3.8, 4) is 0 Å². The quantitative estimate of drug-likeness (QED) is 0.428. The molecular formula is C19H28O11. The van der Waals surface area contributed by atoms with Crippen LogP contribution < -0.4 is 0 Å². The average molecular weight is 432 g/mol. The highest BCUT2D eigenvalue weighted by atomic mass is 16.7. The Bertz CT molecular complexity index is 671. The Morgan fingerprint density at radius 3 is 1.73 bits per heavy atom. The van der Waals surface area contributed by atoms with E-state index in [1.807, 2.05) is 0 Å². The topological polar surface area (TPSA) is 152 Å². The lowest BCUT2D eigenvalue weighted by molar-refractivity contribution is -0.300. The molecule has 30 heavy (non-hydrogen) atoms. The van der Waals surface area contributed by atoms with Crippen molar-refractivity contribution in [2.45, 2.75) is 78.7 Å². The Morgan fingerprint density at radius 2 is 1.33 bits per heavy atom. The minimum absolute atomic E-state index is 0.342. The first-order valence-electron chi connectivity index (χ1n) is 9.39. The Kier molecular flexibility index (Phi) is 9.22. The zero-order valence-electron chi connectivity index (χ0n) is 17.8. The Labute approximate surface area is 173 Å². The largest absolute Gasteiger partial charge is 0.481 e. The van der Waals surface area contributed by atoms with E-state index in [2.05, 4.69) is 0 Å². The van der Waals surface area contributed by atoms with Crippen molar-refractivity contribution >= 4 is 29.8 Å². The highest BCUT2D eigenvalue weighted by molar-refractivity contribution is 5.70. The van der Waals surface area contributed by atoms with Crippen LogP contribution >= 0.6 is 0 Å². The molecule has 0 amide bonds. The molecule has 170 valence electrons. The van der Waals surface area contributed by atoms with Crippen LogP contribution in [0.2, 0.25) is 0 Å². The van der Waals surface area contributed by atoms with E-state index in [9.17, 15) is 29.1 Å². The van der Waals surface area contributed by atoms with Crippen molar-refractivity contribution in [2.75, 3.05) is 0 Å². The minimum atomic E-state index is -1.50. The van der Waals surface area contributed by atoms with Crippen molar-refractivity contribution in [2.24, 2.45) is 11.8 Å². The number of hydrogen-bond acceptors (Lipinski definition) is 10. The molecule has 0 aromatic heterocycles. The van der Waals surface area contributed by atoms with Gasteiger partial charge in [-0.1, -0.05) is 13.8 Å². The molecule has 1 aliphatic rings. The molecule has 0 saturated carbocycles. The Hall–Kier alpha value is -2.69. The first-order chi connectivity index (χ1) is 13.8. The molecule has 0 aromatic rings. The second-order valence-corrected chi connectivity index (χ2v) is 7.31. The highest BCUT2D eigenvalue weighted by Gasteiger charge is 2.55. The monoisotopic (exact) mass is 432 g/mol. The van der Waals surface area contributed by atoms with Gasteiger partial charge in [-0.05, 0) is 5.92 Å². The van der Waals surface area contributed by atoms with Crippen LogP contribution in [0.15, 0.2) is 0 Å². The van der Waals surface area contributed by atoms with E-state index >= 15 is 0 Å². The maximum absolute atomic E-state index is 11.8. The number of carboxylic acids is 1. The summed E-state index contributed by atoms with van der Waals surface area (Å²) in [6, 6.07) is 0. The van der Waals surface area contributed by atoms with Crippen LogP contribution in [-0.4, -0.2) is 65.7 Å². The summed E-state index contributed by atoms with van der Waals surface area (Å²) < 4.78 is 26.8. The number of carbonyl (C=O) groups excluding carboxylic acids is 4. The summed E-state index contributed by atoms with van der Waals surface area (Å²) in [4.78, 5) is 58.1. The lowest BCUT2D eigenvalue weighted by Crippen LogP contribution is -2.62. The van der Waals surface area contributed by atoms with Gasteiger partial charge in [0.1, 0.15) is 18.3 Å². The molecule has 1 aliphatic heterocycles. The van der Waals surface area contributed by atoms with Gasteiger partial charge < -0.3 is 28.8 Å². The third kappa shape index (κ3) is 7.29. The third-order valence-corrected chi connectivity index (χ3v) is 4.31. The van der Waals surface area contributed by atoms with Crippen molar-refractivity contribution in [1.82, 2.24) is 0 Å². The predicted octanol–water partition coefficient (Wildman–Crippen LogP) is 0.816. The van der Waals surface area contributed by atoms with E-state index in [4.69, 9.17) is 23.7 Å². The van der Waals surface area contributed by atoms with Gasteiger partial charge >= 0.3 is 29.8 Å². The Balaban J connectivity index is 3.53. The molecule has 1 rings (SSSR count). The third-order valence-electron chi connectivity index (χ3n) is 4.31. The second kappa shape index (κ2) is 10.9. The fourth-order valence-corrected chi connectivity index (χ4v) is 3.35. The van der Waals surface area contributed by atoms with Crippen LogP contribution in [0.25, 0.3) is 0 Å². The summed E-state index contributed by atoms with van der Waals surface area (Å²) in [6.07, 6.45) is -6.88. The van der Waals surface area contributed by atoms with Crippen LogP contribution in [0.3, 0.4) is 0 Å². The second-order valence-electron chi connectivity index (χ2n) is 7.31. The molecule has 1 saturated heterocycles. The molecule has 1 fully saturated rings. The lowest BCUT2D eigenvalue weighted by atomic mass is 9.82. The lowest BCUT2D eigenvalue weighted by Gasteiger charge is -2.46. The molecule has 1 unspecified atom stereocenters. The van der Waals surface area contributed by atoms with E-state index in [0.717, 1.165) is 20.8 Å². The zero-order valence-corrected chi connectivity index (χ0v) is 17.8. The summed E-state index contributed by atoms with van der Waals surface area (Å²) in [7, 11) is 0. The van der Waals surface area contributed by atoms with Gasteiger partial charge in [0.25, 0.3) is 0 Å². The SMILES string of the molecule is CC(=O)OC1O[C@H]([C@@H](OC(C)=O)C(C)C)[C@H](OC(C)=O)[C@H](CC(=O)O)[C@@H]1OC(C)=O. The fourth-order valence-electron chi connectivity index (χ4n) is 3.35. The number of aliphatic carboxylic acids is 1. The molecule has 0 aromatic carbocycles. The predicted molar refractivity (Wildman–Crippen MR) is 97.7 cm³/mol. The summed E-state index contributed by atoms with van der Waals surface area (Å²) in [5.41, 5.74) is 0. The maximum Gasteiger partial charge on any atom is 0.305 e. The van der Waals surface area contributed by atoms with Gasteiger partial charge in [0.2, 0.25) is 6.29 Å². The maximum atomic E-state index is 11.8. The molecular weight excluding hydrogens is 404 g/mol. The number of carbonyl (C=O) groups is 5. The molecule has 0 radical (unpaired) electrons. The van der Waals surface area contributed by atoms with Crippen LogP contribution in [0.4, 0.5) is 0 Å². The van der Waals surface area contributed by atoms with Crippen LogP contribution in [0.5, 0.6) is 0 Å². The molecule has 0 bridgehead atoms. The Morgan fingerprint density at radius 1 is 0.833 bits per heavy atom. The van der Waals surface area contributed by atoms with Crippen molar-refractivity contribution in [3.05, 3.63) is 0 Å². The van der Waals surface area contributed by atoms with Gasteiger partial charge in [0.15, 0.2) is 6.10 Å². The standard InChI is InChI=1S/C19H28O11/c1-8(2)15(26-9(3)20)18-16(27-10(4)21)13(7-14(24)25)17(28-11(5)22)19(30-18)29-12(6)23/h8,13,15-19H,7H2,1-6H3,(H,24,25)/t13-,15-,16+,17-,18+,19?/m0/s1. The van der Waals surface area contributed by atoms with Crippen molar-refractivity contribution in [1.29, 1.82) is 0 Å². The van der Waals surface area contributed by atoms with Gasteiger partial charge in [-0.25, -0.2) is 0 Å². The van der Waals surface area contributed by atoms with Gasteiger partial charge in [0, 0.05) is 27.7 Å². The van der Waals surface area contributed by atoms with E-state index in [0.29, 0.717) is 0 Å². The summed E-state index contributed by atoms with van der Waals surface area (Å²) in [6.45, 7) is 7.91. The fraction of sp³-hybridized carbons (Fsp3) is 0.737. The molecule has 6 atom stereocenters. The summed E-state index contributed by atoms with van der Waals surface area (Å²) in [5.74, 6) is -5.70. The number of esters is 4. The summed E-state index contributed by atoms with van der Waals surface area (Å²) >= 11 is 0. The zero-order chi connectivity index (χ0) is 23.2. The summed E-state index contributed by atoms with van der Waals surface area (Å²) in [5, 5.41) is 9.40. The van der Waals surface area contributed by atoms with E-state index in [1.165, 1.54) is 6.92 Å². The van der Waals surface area contributed by atoms with E-state index in [1.54, 1.807) is 13.8 Å². The minimum Gasteiger partial charge on any atom is -0.481 e. The van der Waals surface area contributed by atoms with E-state index in [-0.39, 0.29) is 5.92 Å². The molecule has 0 aliphatic carbocycles. The van der Waals surface area contributed by atoms with E-state index < -0.39 is 72.9 Å². The normalized spacial score (nSPS) is 27.0. The molecule has 11 heteroatoms. The van der Waals surface area contributed by atoms with Gasteiger partial charge in [-0.15, -0.1) is 0 Å². The number of carboxylic acid groups (broad SMARTS) is 1. The number of hydrogen-bond donors (Lipinski definition) is 1. The number of ether oxygens (including phenoxy) is 5. The van der Waals surface area contributed by atoms with Crippen LogP contribution in [0, 0.1) is 11.8 Å². The average Bonchev–Trinajstić information content (AvgIpc) is 2.55. The van der Waals surface area contributed by atoms with Crippen LogP contribution in [-0.2, 0) is 47.7 Å². The molecule has 1 heterocycles. The smallest absolute Gasteiger partial charge is 0.305 e. The molecule has 0 spiro atoms. The van der Waals surface area contributed by atoms with Gasteiger partial charge in [-0.3, -0.25) is 24.0 Å². The van der Waals surface area contributed by atoms with Crippen LogP contribution in [0.1, 0.15) is 48.0 Å². The van der Waals surface area contributed by atoms with Gasteiger partial charge in [0.05, 0.1) is 12.3 Å².